The van der Waals surface area contributed by atoms with Gasteiger partial charge in [0.2, 0.25) is 0 Å². The molecule has 18 heavy (non-hydrogen) atoms. The first-order chi connectivity index (χ1) is 8.35. The average Bonchev–Trinajstić information content (AvgIpc) is 2.27. The third-order valence-electron chi connectivity index (χ3n) is 2.14. The van der Waals surface area contributed by atoms with Crippen molar-refractivity contribution in [3.8, 4) is 0 Å². The van der Waals surface area contributed by atoms with Gasteiger partial charge in [0.1, 0.15) is 4.47 Å². The van der Waals surface area contributed by atoms with Gasteiger partial charge in [-0.2, -0.15) is 18.3 Å². The molecule has 1 rings (SSSR count). The summed E-state index contributed by atoms with van der Waals surface area (Å²) in [4.78, 5) is 11.7. The van der Waals surface area contributed by atoms with E-state index in [0.717, 1.165) is 6.42 Å². The molecule has 0 unspecified atom stereocenters. The van der Waals surface area contributed by atoms with Gasteiger partial charge in [-0.05, 0) is 22.4 Å². The van der Waals surface area contributed by atoms with Crippen LogP contribution in [-0.4, -0.2) is 22.5 Å². The number of rotatable bonds is 5. The molecule has 0 aromatic carbocycles. The Morgan fingerprint density at radius 3 is 2.72 bits per heavy atom. The van der Waals surface area contributed by atoms with Crippen LogP contribution in [-0.2, 0) is 6.54 Å². The molecule has 0 aliphatic rings. The molecule has 8 heteroatoms. The lowest BCUT2D eigenvalue weighted by Gasteiger charge is -2.11. The van der Waals surface area contributed by atoms with Gasteiger partial charge in [-0.25, -0.2) is 4.68 Å². The van der Waals surface area contributed by atoms with Crippen LogP contribution in [0.1, 0.15) is 19.8 Å². The maximum absolute atomic E-state index is 12.0. The van der Waals surface area contributed by atoms with Crippen molar-refractivity contribution in [2.75, 3.05) is 11.9 Å². The van der Waals surface area contributed by atoms with Crippen LogP contribution in [0.2, 0.25) is 0 Å². The third kappa shape index (κ3) is 4.32. The molecule has 1 aromatic heterocycles. The lowest BCUT2D eigenvalue weighted by Crippen LogP contribution is -2.25. The second-order valence-corrected chi connectivity index (χ2v) is 4.49. The molecular formula is C10H13BrF3N3O. The van der Waals surface area contributed by atoms with Gasteiger partial charge < -0.3 is 5.32 Å². The molecule has 102 valence electrons. The Bertz CT molecular complexity index is 459. The monoisotopic (exact) mass is 327 g/mol. The van der Waals surface area contributed by atoms with E-state index in [2.05, 4.69) is 26.3 Å². The molecule has 0 bridgehead atoms. The number of hydrogen-bond acceptors (Lipinski definition) is 3. The Kier molecular flexibility index (Phi) is 5.18. The van der Waals surface area contributed by atoms with Crippen LogP contribution in [0.5, 0.6) is 0 Å². The first-order valence-corrected chi connectivity index (χ1v) is 6.20. The quantitative estimate of drug-likeness (QED) is 0.904. The number of aryl methyl sites for hydroxylation is 1. The van der Waals surface area contributed by atoms with E-state index in [0.29, 0.717) is 6.54 Å². The zero-order valence-corrected chi connectivity index (χ0v) is 11.3. The summed E-state index contributed by atoms with van der Waals surface area (Å²) in [6, 6.07) is 0. The van der Waals surface area contributed by atoms with Gasteiger partial charge >= 0.3 is 6.18 Å². The summed E-state index contributed by atoms with van der Waals surface area (Å²) in [5.41, 5.74) is -0.0783. The third-order valence-corrected chi connectivity index (χ3v) is 2.91. The normalized spacial score (nSPS) is 11.6. The van der Waals surface area contributed by atoms with E-state index in [1.165, 1.54) is 10.9 Å². The highest BCUT2D eigenvalue weighted by Gasteiger charge is 2.26. The maximum Gasteiger partial charge on any atom is 0.390 e. The Labute approximate surface area is 110 Å². The highest BCUT2D eigenvalue weighted by Crippen LogP contribution is 2.21. The van der Waals surface area contributed by atoms with Gasteiger partial charge in [-0.15, -0.1) is 0 Å². The van der Waals surface area contributed by atoms with Gasteiger partial charge in [0.05, 0.1) is 18.3 Å². The zero-order chi connectivity index (χ0) is 13.8. The van der Waals surface area contributed by atoms with Crippen molar-refractivity contribution in [1.29, 1.82) is 0 Å². The minimum atomic E-state index is -4.22. The molecule has 4 nitrogen and oxygen atoms in total. The minimum Gasteiger partial charge on any atom is -0.382 e. The lowest BCUT2D eigenvalue weighted by molar-refractivity contribution is -0.131. The predicted octanol–water partition coefficient (Wildman–Crippen LogP) is 2.78. The molecule has 0 aliphatic carbocycles. The van der Waals surface area contributed by atoms with E-state index in [9.17, 15) is 18.0 Å². The minimum absolute atomic E-state index is 0.202. The molecule has 1 aromatic rings. The smallest absolute Gasteiger partial charge is 0.382 e. The zero-order valence-electron chi connectivity index (χ0n) is 9.72. The largest absolute Gasteiger partial charge is 0.390 e. The molecule has 0 saturated carbocycles. The van der Waals surface area contributed by atoms with Gasteiger partial charge in [0.15, 0.2) is 0 Å². The molecule has 0 radical (unpaired) electrons. The van der Waals surface area contributed by atoms with Crippen molar-refractivity contribution in [1.82, 2.24) is 9.78 Å². The van der Waals surface area contributed by atoms with Crippen molar-refractivity contribution in [2.24, 2.45) is 0 Å². The van der Waals surface area contributed by atoms with Crippen LogP contribution in [0.15, 0.2) is 15.5 Å². The Morgan fingerprint density at radius 1 is 1.50 bits per heavy atom. The van der Waals surface area contributed by atoms with E-state index in [1.54, 1.807) is 0 Å². The van der Waals surface area contributed by atoms with Crippen LogP contribution in [0.4, 0.5) is 18.9 Å². The van der Waals surface area contributed by atoms with Crippen LogP contribution in [0.25, 0.3) is 0 Å². The predicted molar refractivity (Wildman–Crippen MR) is 65.6 cm³/mol. The summed E-state index contributed by atoms with van der Waals surface area (Å²) in [7, 11) is 0. The van der Waals surface area contributed by atoms with Crippen molar-refractivity contribution < 1.29 is 13.2 Å². The topological polar surface area (TPSA) is 46.9 Å². The van der Waals surface area contributed by atoms with Crippen molar-refractivity contribution >= 4 is 21.6 Å². The van der Waals surface area contributed by atoms with Crippen molar-refractivity contribution in [3.05, 3.63) is 21.0 Å². The molecular weight excluding hydrogens is 315 g/mol. The number of nitrogens with zero attached hydrogens (tertiary/aromatic N) is 2. The number of nitrogens with one attached hydrogen (secondary N) is 1. The van der Waals surface area contributed by atoms with E-state index in [-0.39, 0.29) is 22.3 Å². The van der Waals surface area contributed by atoms with Crippen LogP contribution in [0.3, 0.4) is 0 Å². The summed E-state index contributed by atoms with van der Waals surface area (Å²) >= 11 is 3.06. The van der Waals surface area contributed by atoms with Gasteiger partial charge in [-0.3, -0.25) is 4.79 Å². The SMILES string of the molecule is CCCn1ncc(NCCC(F)(F)F)c(Br)c1=O. The Morgan fingerprint density at radius 2 is 2.17 bits per heavy atom. The summed E-state index contributed by atoms with van der Waals surface area (Å²) < 4.78 is 37.4. The second kappa shape index (κ2) is 6.21. The van der Waals surface area contributed by atoms with Crippen LogP contribution >= 0.6 is 15.9 Å². The van der Waals surface area contributed by atoms with Crippen LogP contribution < -0.4 is 10.9 Å². The molecule has 1 N–H and O–H groups in total. The number of hydrogen-bond donors (Lipinski definition) is 1. The van der Waals surface area contributed by atoms with Crippen molar-refractivity contribution in [2.45, 2.75) is 32.5 Å². The fourth-order valence-electron chi connectivity index (χ4n) is 1.30. The van der Waals surface area contributed by atoms with E-state index >= 15 is 0 Å². The van der Waals surface area contributed by atoms with E-state index < -0.39 is 12.6 Å². The number of halogens is 4. The molecule has 0 aliphatic heterocycles. The summed E-state index contributed by atoms with van der Waals surface area (Å²) in [5.74, 6) is 0. The van der Waals surface area contributed by atoms with E-state index in [4.69, 9.17) is 0 Å². The first kappa shape index (κ1) is 15.0. The highest BCUT2D eigenvalue weighted by molar-refractivity contribution is 9.10. The average molecular weight is 328 g/mol. The van der Waals surface area contributed by atoms with Gasteiger partial charge in [0, 0.05) is 13.1 Å². The molecule has 0 spiro atoms. The maximum atomic E-state index is 12.0. The summed E-state index contributed by atoms with van der Waals surface area (Å²) in [5, 5.41) is 6.41. The lowest BCUT2D eigenvalue weighted by atomic mass is 10.4. The number of anilines is 1. The van der Waals surface area contributed by atoms with E-state index in [1.807, 2.05) is 6.92 Å². The Hall–Kier alpha value is -1.05. The highest BCUT2D eigenvalue weighted by atomic mass is 79.9. The summed E-state index contributed by atoms with van der Waals surface area (Å²) in [6.07, 6.45) is -3.08. The number of aromatic nitrogens is 2. The van der Waals surface area contributed by atoms with Gasteiger partial charge in [-0.1, -0.05) is 6.92 Å². The van der Waals surface area contributed by atoms with Gasteiger partial charge in [0.25, 0.3) is 5.56 Å². The standard InChI is InChI=1S/C10H13BrF3N3O/c1-2-5-17-9(18)8(11)7(6-16-17)15-4-3-10(12,13)14/h6,15H,2-5H2,1H3. The molecule has 0 saturated heterocycles. The molecule has 0 fully saturated rings. The first-order valence-electron chi connectivity index (χ1n) is 5.41. The molecule has 1 heterocycles. The fourth-order valence-corrected chi connectivity index (χ4v) is 1.75. The number of alkyl halides is 3. The molecule has 0 atom stereocenters. The fraction of sp³-hybridized carbons (Fsp3) is 0.600. The molecule has 0 amide bonds. The summed E-state index contributed by atoms with van der Waals surface area (Å²) in [6.45, 7) is 2.08. The van der Waals surface area contributed by atoms with Crippen LogP contribution in [0, 0.1) is 0 Å². The second-order valence-electron chi connectivity index (χ2n) is 3.69. The Balaban J connectivity index is 2.74. The van der Waals surface area contributed by atoms with Crippen molar-refractivity contribution in [3.63, 3.8) is 0 Å².